The van der Waals surface area contributed by atoms with E-state index in [9.17, 15) is 9.65 Å². The molecule has 45 heavy (non-hydrogen) atoms. The van der Waals surface area contributed by atoms with Gasteiger partial charge in [0.1, 0.15) is 40.1 Å². The quantitative estimate of drug-likeness (QED) is 0.202. The Labute approximate surface area is 265 Å². The standard InChI is InChI=1S/C30H28ClF2N9O2S/c1-13(24-27(35)38-7-6-37-24)10-39-29-15-8-17(31)22(14-4-5-18(32)26-21(14)16(9-34)28(36)45-26)23(33)25(15)40-30(41-29)44-20-12-43-11-19(20)42(2)3/h4-8,13,19-20H,10-12,36H2,1-3H3,(H2,35,38)(H,39,40,41)/t13-,19+,20-/m1/s1. The molecule has 6 rings (SSSR count). The van der Waals surface area contributed by atoms with Gasteiger partial charge in [-0.15, -0.1) is 11.3 Å². The molecule has 4 heterocycles. The average molecular weight is 652 g/mol. The normalized spacial score (nSPS) is 17.2. The number of hydrogen-bond donors (Lipinski definition) is 3. The number of nitrogens with zero attached hydrogens (tertiary/aromatic N) is 6. The number of likely N-dealkylation sites (N-methyl/N-ethyl adjacent to an activating group) is 1. The van der Waals surface area contributed by atoms with Crippen LogP contribution in [0.2, 0.25) is 5.02 Å². The number of nitriles is 1. The van der Waals surface area contributed by atoms with Crippen molar-refractivity contribution < 1.29 is 18.3 Å². The Bertz CT molecular complexity index is 1980. The predicted molar refractivity (Wildman–Crippen MR) is 170 cm³/mol. The summed E-state index contributed by atoms with van der Waals surface area (Å²) in [6.45, 7) is 2.97. The number of anilines is 3. The fraction of sp³-hybridized carbons (Fsp3) is 0.300. The largest absolute Gasteiger partial charge is 0.456 e. The van der Waals surface area contributed by atoms with Crippen molar-refractivity contribution >= 4 is 60.6 Å². The number of halogens is 3. The molecule has 5 N–H and O–H groups in total. The van der Waals surface area contributed by atoms with Crippen LogP contribution in [-0.4, -0.2) is 70.8 Å². The number of hydrogen-bond acceptors (Lipinski definition) is 12. The number of fused-ring (bicyclic) bond motifs is 2. The molecule has 0 aliphatic carbocycles. The number of nitrogens with one attached hydrogen (secondary N) is 1. The number of thiophene rings is 1. The van der Waals surface area contributed by atoms with Crippen LogP contribution in [0.5, 0.6) is 6.01 Å². The summed E-state index contributed by atoms with van der Waals surface area (Å²) in [5, 5.41) is 13.6. The van der Waals surface area contributed by atoms with Crippen LogP contribution in [0, 0.1) is 23.0 Å². The lowest BCUT2D eigenvalue weighted by atomic mass is 9.97. The second-order valence-electron chi connectivity index (χ2n) is 10.9. The molecule has 0 unspecified atom stereocenters. The van der Waals surface area contributed by atoms with Crippen LogP contribution in [0.25, 0.3) is 32.1 Å². The molecular formula is C30H28ClF2N9O2S. The summed E-state index contributed by atoms with van der Waals surface area (Å²) in [6.07, 6.45) is 2.65. The summed E-state index contributed by atoms with van der Waals surface area (Å²) in [6, 6.07) is 5.96. The lowest BCUT2D eigenvalue weighted by Gasteiger charge is -2.24. The molecule has 3 aromatic heterocycles. The van der Waals surface area contributed by atoms with Crippen molar-refractivity contribution in [3.05, 3.63) is 58.5 Å². The Morgan fingerprint density at radius 3 is 2.73 bits per heavy atom. The minimum Gasteiger partial charge on any atom is -0.456 e. The lowest BCUT2D eigenvalue weighted by Crippen LogP contribution is -2.41. The van der Waals surface area contributed by atoms with Crippen LogP contribution in [0.4, 0.5) is 25.4 Å². The zero-order valence-electron chi connectivity index (χ0n) is 24.4. The summed E-state index contributed by atoms with van der Waals surface area (Å²) in [5.41, 5.74) is 12.8. The smallest absolute Gasteiger partial charge is 0.319 e. The van der Waals surface area contributed by atoms with E-state index in [4.69, 9.17) is 32.5 Å². The van der Waals surface area contributed by atoms with E-state index >= 15 is 4.39 Å². The summed E-state index contributed by atoms with van der Waals surface area (Å²) in [4.78, 5) is 19.5. The van der Waals surface area contributed by atoms with Gasteiger partial charge in [-0.25, -0.2) is 13.8 Å². The third-order valence-electron chi connectivity index (χ3n) is 7.78. The van der Waals surface area contributed by atoms with Crippen LogP contribution < -0.4 is 21.5 Å². The zero-order valence-corrected chi connectivity index (χ0v) is 26.0. The summed E-state index contributed by atoms with van der Waals surface area (Å²) < 4.78 is 43.5. The molecular weight excluding hydrogens is 624 g/mol. The van der Waals surface area contributed by atoms with Gasteiger partial charge in [0.15, 0.2) is 5.82 Å². The minimum atomic E-state index is -0.799. The van der Waals surface area contributed by atoms with Crippen molar-refractivity contribution in [2.75, 3.05) is 50.6 Å². The fourth-order valence-corrected chi connectivity index (χ4v) is 6.70. The number of nitrogen functional groups attached to an aromatic ring is 2. The van der Waals surface area contributed by atoms with Gasteiger partial charge in [0.2, 0.25) is 0 Å². The van der Waals surface area contributed by atoms with Crippen LogP contribution in [0.15, 0.2) is 30.6 Å². The van der Waals surface area contributed by atoms with Crippen LogP contribution in [0.1, 0.15) is 24.1 Å². The molecule has 1 saturated heterocycles. The number of benzene rings is 2. The topological polar surface area (TPSA) is 161 Å². The molecule has 5 aromatic rings. The van der Waals surface area contributed by atoms with E-state index in [2.05, 4.69) is 25.3 Å². The Balaban J connectivity index is 1.50. The minimum absolute atomic E-state index is 0.00460. The molecule has 0 bridgehead atoms. The van der Waals surface area contributed by atoms with E-state index in [0.717, 1.165) is 11.3 Å². The van der Waals surface area contributed by atoms with E-state index < -0.39 is 17.7 Å². The Hall–Kier alpha value is -4.42. The van der Waals surface area contributed by atoms with Crippen molar-refractivity contribution in [2.24, 2.45) is 0 Å². The Kier molecular flexibility index (Phi) is 8.27. The molecule has 2 aromatic carbocycles. The van der Waals surface area contributed by atoms with Crippen molar-refractivity contribution in [3.8, 4) is 23.2 Å². The number of nitrogens with two attached hydrogens (primary N) is 2. The lowest BCUT2D eigenvalue weighted by molar-refractivity contribution is 0.117. The molecule has 3 atom stereocenters. The van der Waals surface area contributed by atoms with E-state index in [-0.39, 0.29) is 71.5 Å². The molecule has 0 radical (unpaired) electrons. The maximum absolute atomic E-state index is 16.8. The molecule has 232 valence electrons. The average Bonchev–Trinajstić information content (AvgIpc) is 3.61. The second kappa shape index (κ2) is 12.2. The molecule has 15 heteroatoms. The van der Waals surface area contributed by atoms with Gasteiger partial charge in [0, 0.05) is 41.2 Å². The molecule has 0 amide bonds. The Morgan fingerprint density at radius 1 is 1.22 bits per heavy atom. The first-order valence-electron chi connectivity index (χ1n) is 13.9. The SMILES string of the molecule is C[C@H](CNc1nc(O[C@@H]2COC[C@@H]2N(C)C)nc2c(F)c(-c3ccc(F)c4sc(N)c(C#N)c34)c(Cl)cc12)c1nccnc1N. The zero-order chi connectivity index (χ0) is 32.0. The third-order valence-corrected chi connectivity index (χ3v) is 9.11. The molecule has 1 aliphatic rings. The van der Waals surface area contributed by atoms with Gasteiger partial charge in [0.25, 0.3) is 0 Å². The van der Waals surface area contributed by atoms with Crippen molar-refractivity contribution in [2.45, 2.75) is 25.0 Å². The maximum atomic E-state index is 16.8. The highest BCUT2D eigenvalue weighted by molar-refractivity contribution is 7.23. The van der Waals surface area contributed by atoms with Crippen molar-refractivity contribution in [3.63, 3.8) is 0 Å². The molecule has 0 spiro atoms. The highest BCUT2D eigenvalue weighted by atomic mass is 35.5. The second-order valence-corrected chi connectivity index (χ2v) is 12.3. The third kappa shape index (κ3) is 5.53. The van der Waals surface area contributed by atoms with Crippen LogP contribution in [0.3, 0.4) is 0 Å². The van der Waals surface area contributed by atoms with Crippen molar-refractivity contribution in [1.82, 2.24) is 24.8 Å². The van der Waals surface area contributed by atoms with E-state index in [1.807, 2.05) is 32.0 Å². The van der Waals surface area contributed by atoms with Gasteiger partial charge in [0.05, 0.1) is 40.2 Å². The predicted octanol–water partition coefficient (Wildman–Crippen LogP) is 5.19. The van der Waals surface area contributed by atoms with Gasteiger partial charge in [-0.1, -0.05) is 24.6 Å². The van der Waals surface area contributed by atoms with Gasteiger partial charge < -0.3 is 31.2 Å². The van der Waals surface area contributed by atoms with Gasteiger partial charge in [-0.3, -0.25) is 4.98 Å². The van der Waals surface area contributed by atoms with E-state index in [0.29, 0.717) is 31.3 Å². The summed E-state index contributed by atoms with van der Waals surface area (Å²) in [5.74, 6) is -1.02. The summed E-state index contributed by atoms with van der Waals surface area (Å²) in [7, 11) is 3.82. The maximum Gasteiger partial charge on any atom is 0.319 e. The Morgan fingerprint density at radius 2 is 2.00 bits per heavy atom. The highest BCUT2D eigenvalue weighted by Crippen LogP contribution is 2.45. The first kappa shape index (κ1) is 30.6. The van der Waals surface area contributed by atoms with Crippen molar-refractivity contribution in [1.29, 1.82) is 5.26 Å². The van der Waals surface area contributed by atoms with Crippen LogP contribution >= 0.6 is 22.9 Å². The molecule has 0 saturated carbocycles. The fourth-order valence-electron chi connectivity index (χ4n) is 5.46. The first-order chi connectivity index (χ1) is 21.6. The molecule has 1 aliphatic heterocycles. The summed E-state index contributed by atoms with van der Waals surface area (Å²) >= 11 is 7.66. The highest BCUT2D eigenvalue weighted by Gasteiger charge is 2.33. The van der Waals surface area contributed by atoms with Gasteiger partial charge >= 0.3 is 6.01 Å². The van der Waals surface area contributed by atoms with Crippen LogP contribution in [-0.2, 0) is 4.74 Å². The van der Waals surface area contributed by atoms with Gasteiger partial charge in [-0.05, 0) is 31.8 Å². The molecule has 11 nitrogen and oxygen atoms in total. The van der Waals surface area contributed by atoms with E-state index in [1.165, 1.54) is 24.4 Å². The number of rotatable bonds is 8. The molecule has 1 fully saturated rings. The van der Waals surface area contributed by atoms with Gasteiger partial charge in [-0.2, -0.15) is 15.2 Å². The monoisotopic (exact) mass is 651 g/mol. The number of aromatic nitrogens is 4. The first-order valence-corrected chi connectivity index (χ1v) is 15.1. The number of ether oxygens (including phenoxy) is 2. The van der Waals surface area contributed by atoms with E-state index in [1.54, 1.807) is 6.20 Å².